The molecule has 3 heterocycles. The van der Waals surface area contributed by atoms with Crippen LogP contribution in [0.1, 0.15) is 40.7 Å². The van der Waals surface area contributed by atoms with Gasteiger partial charge in [0.15, 0.2) is 0 Å². The average Bonchev–Trinajstić information content (AvgIpc) is 3.45. The zero-order chi connectivity index (χ0) is 26.3. The number of furan rings is 1. The number of aromatic nitrogens is 1. The quantitative estimate of drug-likeness (QED) is 0.261. The summed E-state index contributed by atoms with van der Waals surface area (Å²) in [7, 11) is 0. The van der Waals surface area contributed by atoms with Crippen LogP contribution in [-0.2, 0) is 4.79 Å². The second-order valence-corrected chi connectivity index (χ2v) is 10.1. The highest BCUT2D eigenvalue weighted by atomic mass is 16.3. The molecule has 2 aliphatic rings. The number of anilines is 1. The van der Waals surface area contributed by atoms with Crippen LogP contribution < -0.4 is 4.90 Å². The number of carbonyl (C=O) groups is 2. The molecule has 0 radical (unpaired) electrons. The predicted molar refractivity (Wildman–Crippen MR) is 150 cm³/mol. The molecule has 6 heteroatoms. The van der Waals surface area contributed by atoms with Gasteiger partial charge in [-0.1, -0.05) is 54.6 Å². The lowest BCUT2D eigenvalue weighted by atomic mass is 10.0. The van der Waals surface area contributed by atoms with Crippen molar-refractivity contribution in [1.82, 2.24) is 9.47 Å². The van der Waals surface area contributed by atoms with E-state index in [1.165, 1.54) is 0 Å². The summed E-state index contributed by atoms with van der Waals surface area (Å²) in [5, 5.41) is 0. The van der Waals surface area contributed by atoms with E-state index in [2.05, 4.69) is 4.57 Å². The Morgan fingerprint density at radius 1 is 0.769 bits per heavy atom. The largest absolute Gasteiger partial charge is 0.467 e. The molecule has 39 heavy (non-hydrogen) atoms. The van der Waals surface area contributed by atoms with Crippen molar-refractivity contribution < 1.29 is 14.0 Å². The second kappa shape index (κ2) is 9.48. The zero-order valence-corrected chi connectivity index (χ0v) is 21.3. The van der Waals surface area contributed by atoms with Crippen LogP contribution in [0.15, 0.2) is 120 Å². The van der Waals surface area contributed by atoms with E-state index in [9.17, 15) is 9.59 Å². The number of hydrogen-bond acceptors (Lipinski definition) is 3. The SMILES string of the molecule is O=C(c1ccc(-c2ccccc2)cc1)N(CC(=O)N1c2ccccc2-n2cccc2C1c1ccco1)C1CC1. The van der Waals surface area contributed by atoms with Crippen molar-refractivity contribution in [2.24, 2.45) is 0 Å². The Morgan fingerprint density at radius 3 is 2.21 bits per heavy atom. The molecule has 0 N–H and O–H groups in total. The molecule has 6 nitrogen and oxygen atoms in total. The standard InChI is InChI=1S/C33H27N3O3/c37-31(22-35(26-18-19-26)33(38)25-16-14-24(15-17-25)23-8-2-1-3-9-23)36-28-11-5-4-10-27(28)34-20-6-12-29(34)32(36)30-13-7-21-39-30/h1-17,20-21,26,32H,18-19,22H2. The van der Waals surface area contributed by atoms with Crippen LogP contribution >= 0.6 is 0 Å². The van der Waals surface area contributed by atoms with Gasteiger partial charge in [0.05, 0.1) is 23.3 Å². The van der Waals surface area contributed by atoms with E-state index in [4.69, 9.17) is 4.42 Å². The molecule has 1 aliphatic carbocycles. The van der Waals surface area contributed by atoms with Crippen molar-refractivity contribution in [3.8, 4) is 16.8 Å². The first-order valence-electron chi connectivity index (χ1n) is 13.3. The normalized spacial score (nSPS) is 15.9. The molecule has 1 aliphatic heterocycles. The van der Waals surface area contributed by atoms with Gasteiger partial charge < -0.3 is 13.9 Å². The number of hydrogen-bond donors (Lipinski definition) is 0. The van der Waals surface area contributed by atoms with E-state index in [0.29, 0.717) is 11.3 Å². The molecule has 1 saturated carbocycles. The number of para-hydroxylation sites is 2. The molecule has 5 aromatic rings. The summed E-state index contributed by atoms with van der Waals surface area (Å²) >= 11 is 0. The first-order valence-corrected chi connectivity index (χ1v) is 13.3. The lowest BCUT2D eigenvalue weighted by Crippen LogP contribution is -2.47. The van der Waals surface area contributed by atoms with Gasteiger partial charge >= 0.3 is 0 Å². The van der Waals surface area contributed by atoms with Crippen molar-refractivity contribution in [3.05, 3.63) is 133 Å². The maximum absolute atomic E-state index is 14.2. The smallest absolute Gasteiger partial charge is 0.254 e. The minimum absolute atomic E-state index is 0.00378. The fourth-order valence-electron chi connectivity index (χ4n) is 5.55. The van der Waals surface area contributed by atoms with Crippen molar-refractivity contribution in [2.75, 3.05) is 11.4 Å². The van der Waals surface area contributed by atoms with Crippen molar-refractivity contribution in [1.29, 1.82) is 0 Å². The van der Waals surface area contributed by atoms with Crippen molar-refractivity contribution in [2.45, 2.75) is 24.9 Å². The van der Waals surface area contributed by atoms with Crippen molar-refractivity contribution in [3.63, 3.8) is 0 Å². The molecule has 7 rings (SSSR count). The molecule has 3 aromatic carbocycles. The van der Waals surface area contributed by atoms with Gasteiger partial charge in [0.2, 0.25) is 5.91 Å². The van der Waals surface area contributed by atoms with Gasteiger partial charge in [-0.2, -0.15) is 0 Å². The van der Waals surface area contributed by atoms with Crippen LogP contribution in [0.4, 0.5) is 5.69 Å². The summed E-state index contributed by atoms with van der Waals surface area (Å²) in [6.45, 7) is -0.00378. The molecule has 2 amide bonds. The molecule has 0 spiro atoms. The molecule has 1 unspecified atom stereocenters. The lowest BCUT2D eigenvalue weighted by molar-refractivity contribution is -0.120. The van der Waals surface area contributed by atoms with E-state index in [0.717, 1.165) is 41.0 Å². The summed E-state index contributed by atoms with van der Waals surface area (Å²) in [5.41, 5.74) is 5.40. The first kappa shape index (κ1) is 23.3. The van der Waals surface area contributed by atoms with Crippen molar-refractivity contribution >= 4 is 17.5 Å². The highest BCUT2D eigenvalue weighted by molar-refractivity contribution is 6.03. The molecule has 192 valence electrons. The molecule has 2 aromatic heterocycles. The summed E-state index contributed by atoms with van der Waals surface area (Å²) < 4.78 is 7.94. The highest BCUT2D eigenvalue weighted by Crippen LogP contribution is 2.42. The van der Waals surface area contributed by atoms with Gasteiger partial charge in [-0.15, -0.1) is 0 Å². The third-order valence-electron chi connectivity index (χ3n) is 7.59. The summed E-state index contributed by atoms with van der Waals surface area (Å²) in [5.74, 6) is 0.421. The van der Waals surface area contributed by atoms with Crippen LogP contribution in [0, 0.1) is 0 Å². The molecule has 0 saturated heterocycles. The van der Waals surface area contributed by atoms with E-state index in [-0.39, 0.29) is 24.4 Å². The van der Waals surface area contributed by atoms with E-state index in [1.807, 2.05) is 109 Å². The summed E-state index contributed by atoms with van der Waals surface area (Å²) in [6.07, 6.45) is 5.44. The third-order valence-corrected chi connectivity index (χ3v) is 7.59. The van der Waals surface area contributed by atoms with E-state index in [1.54, 1.807) is 16.1 Å². The Kier molecular flexibility index (Phi) is 5.66. The van der Waals surface area contributed by atoms with Crippen LogP contribution in [0.5, 0.6) is 0 Å². The Bertz CT molecular complexity index is 1630. The molecular formula is C33H27N3O3. The Balaban J connectivity index is 1.21. The summed E-state index contributed by atoms with van der Waals surface area (Å²) in [4.78, 5) is 31.5. The lowest BCUT2D eigenvalue weighted by Gasteiger charge is -2.38. The summed E-state index contributed by atoms with van der Waals surface area (Å²) in [6, 6.07) is 33.0. The highest BCUT2D eigenvalue weighted by Gasteiger charge is 2.41. The van der Waals surface area contributed by atoms with Crippen LogP contribution in [0.2, 0.25) is 0 Å². The van der Waals surface area contributed by atoms with Crippen LogP contribution in [0.25, 0.3) is 16.8 Å². The van der Waals surface area contributed by atoms with Gasteiger partial charge in [0, 0.05) is 17.8 Å². The predicted octanol–water partition coefficient (Wildman–Crippen LogP) is 6.48. The molecular weight excluding hydrogens is 486 g/mol. The minimum Gasteiger partial charge on any atom is -0.467 e. The topological polar surface area (TPSA) is 58.7 Å². The molecule has 0 bridgehead atoms. The number of fused-ring (bicyclic) bond motifs is 3. The fourth-order valence-corrected chi connectivity index (χ4v) is 5.55. The monoisotopic (exact) mass is 513 g/mol. The number of amides is 2. The number of nitrogens with zero attached hydrogens (tertiary/aromatic N) is 3. The molecule has 1 fully saturated rings. The van der Waals surface area contributed by atoms with Gasteiger partial charge in [-0.05, 0) is 72.5 Å². The first-order chi connectivity index (χ1) is 19.2. The fraction of sp³-hybridized carbons (Fsp3) is 0.152. The van der Waals surface area contributed by atoms with Crippen LogP contribution in [0.3, 0.4) is 0 Å². The van der Waals surface area contributed by atoms with Gasteiger partial charge in [0.1, 0.15) is 18.3 Å². The number of rotatable bonds is 6. The maximum atomic E-state index is 14.2. The maximum Gasteiger partial charge on any atom is 0.254 e. The van der Waals surface area contributed by atoms with E-state index >= 15 is 0 Å². The van der Waals surface area contributed by atoms with E-state index < -0.39 is 6.04 Å². The zero-order valence-electron chi connectivity index (χ0n) is 21.3. The average molecular weight is 514 g/mol. The molecule has 1 atom stereocenters. The Hall–Kier alpha value is -4.84. The van der Waals surface area contributed by atoms with Gasteiger partial charge in [-0.3, -0.25) is 14.5 Å². The third kappa shape index (κ3) is 4.14. The number of carbonyl (C=O) groups excluding carboxylic acids is 2. The second-order valence-electron chi connectivity index (χ2n) is 10.1. The Morgan fingerprint density at radius 2 is 1.49 bits per heavy atom. The van der Waals surface area contributed by atoms with Gasteiger partial charge in [-0.25, -0.2) is 0 Å². The number of benzene rings is 3. The minimum atomic E-state index is -0.432. The van der Waals surface area contributed by atoms with Crippen LogP contribution in [-0.4, -0.2) is 33.9 Å². The van der Waals surface area contributed by atoms with Gasteiger partial charge in [0.25, 0.3) is 5.91 Å². The Labute approximate surface area is 226 Å².